The molecule has 1 aromatic rings. The molecular formula is C14H18N2O4. The Labute approximate surface area is 117 Å². The molecule has 0 bridgehead atoms. The molecule has 1 fully saturated rings. The van der Waals surface area contributed by atoms with Crippen LogP contribution >= 0.6 is 0 Å². The van der Waals surface area contributed by atoms with Gasteiger partial charge in [-0.25, -0.2) is 0 Å². The molecule has 1 saturated heterocycles. The molecule has 108 valence electrons. The third-order valence-electron chi connectivity index (χ3n) is 4.09. The van der Waals surface area contributed by atoms with Crippen molar-refractivity contribution < 1.29 is 14.8 Å². The van der Waals surface area contributed by atoms with Crippen molar-refractivity contribution >= 4 is 11.7 Å². The van der Waals surface area contributed by atoms with Gasteiger partial charge in [-0.1, -0.05) is 19.1 Å². The van der Waals surface area contributed by atoms with E-state index in [1.807, 2.05) is 13.8 Å². The Morgan fingerprint density at radius 1 is 1.40 bits per heavy atom. The van der Waals surface area contributed by atoms with Crippen LogP contribution in [0.1, 0.15) is 25.5 Å². The summed E-state index contributed by atoms with van der Waals surface area (Å²) >= 11 is 0. The fourth-order valence-electron chi connectivity index (χ4n) is 2.73. The van der Waals surface area contributed by atoms with E-state index in [-0.39, 0.29) is 23.6 Å². The lowest BCUT2D eigenvalue weighted by Gasteiger charge is -2.24. The highest BCUT2D eigenvalue weighted by molar-refractivity contribution is 5.71. The number of nitrogens with zero attached hydrogens (tertiary/aromatic N) is 2. The van der Waals surface area contributed by atoms with Gasteiger partial charge in [0.25, 0.3) is 5.69 Å². The smallest absolute Gasteiger partial charge is 0.308 e. The first-order valence-corrected chi connectivity index (χ1v) is 6.61. The average Bonchev–Trinajstić information content (AvgIpc) is 2.80. The molecule has 3 atom stereocenters. The summed E-state index contributed by atoms with van der Waals surface area (Å²) in [6.07, 6.45) is 0. The summed E-state index contributed by atoms with van der Waals surface area (Å²) in [7, 11) is 0. The van der Waals surface area contributed by atoms with Crippen molar-refractivity contribution in [3.05, 3.63) is 39.9 Å². The number of rotatable bonds is 4. The molecule has 2 rings (SSSR count). The van der Waals surface area contributed by atoms with Crippen molar-refractivity contribution in [1.29, 1.82) is 0 Å². The van der Waals surface area contributed by atoms with Gasteiger partial charge < -0.3 is 5.11 Å². The number of carboxylic acid groups (broad SMARTS) is 1. The zero-order valence-electron chi connectivity index (χ0n) is 11.5. The summed E-state index contributed by atoms with van der Waals surface area (Å²) in [4.78, 5) is 23.5. The predicted molar refractivity (Wildman–Crippen MR) is 73.4 cm³/mol. The third kappa shape index (κ3) is 2.80. The van der Waals surface area contributed by atoms with Crippen LogP contribution in [0.2, 0.25) is 0 Å². The van der Waals surface area contributed by atoms with E-state index >= 15 is 0 Å². The number of carboxylic acids is 1. The summed E-state index contributed by atoms with van der Waals surface area (Å²) in [5.74, 6) is -0.973. The first-order valence-electron chi connectivity index (χ1n) is 6.61. The Morgan fingerprint density at radius 2 is 2.00 bits per heavy atom. The Kier molecular flexibility index (Phi) is 4.04. The largest absolute Gasteiger partial charge is 0.481 e. The fourth-order valence-corrected chi connectivity index (χ4v) is 2.73. The van der Waals surface area contributed by atoms with Crippen LogP contribution in [0.25, 0.3) is 0 Å². The maximum Gasteiger partial charge on any atom is 0.308 e. The van der Waals surface area contributed by atoms with E-state index in [0.717, 1.165) is 12.1 Å². The van der Waals surface area contributed by atoms with Gasteiger partial charge in [0.15, 0.2) is 0 Å². The number of carbonyl (C=O) groups is 1. The molecule has 0 aliphatic carbocycles. The molecule has 20 heavy (non-hydrogen) atoms. The number of benzene rings is 1. The average molecular weight is 278 g/mol. The van der Waals surface area contributed by atoms with Crippen molar-refractivity contribution in [2.24, 2.45) is 11.8 Å². The summed E-state index contributed by atoms with van der Waals surface area (Å²) in [6.45, 7) is 5.20. The van der Waals surface area contributed by atoms with Gasteiger partial charge in [-0.3, -0.25) is 19.8 Å². The second-order valence-electron chi connectivity index (χ2n) is 5.40. The monoisotopic (exact) mass is 278 g/mol. The van der Waals surface area contributed by atoms with Crippen LogP contribution in [0, 0.1) is 22.0 Å². The second kappa shape index (κ2) is 5.58. The van der Waals surface area contributed by atoms with Crippen LogP contribution in [-0.2, 0) is 4.79 Å². The molecule has 0 radical (unpaired) electrons. The molecule has 0 aromatic heterocycles. The molecule has 1 aliphatic heterocycles. The van der Waals surface area contributed by atoms with E-state index < -0.39 is 10.9 Å². The van der Waals surface area contributed by atoms with Gasteiger partial charge in [-0.2, -0.15) is 0 Å². The van der Waals surface area contributed by atoms with E-state index in [9.17, 15) is 14.9 Å². The molecule has 1 aliphatic rings. The molecule has 1 N–H and O–H groups in total. The lowest BCUT2D eigenvalue weighted by molar-refractivity contribution is -0.384. The Balaban J connectivity index is 2.10. The lowest BCUT2D eigenvalue weighted by Crippen LogP contribution is -2.26. The molecule has 1 heterocycles. The number of nitro groups is 1. The van der Waals surface area contributed by atoms with E-state index in [0.29, 0.717) is 6.54 Å². The third-order valence-corrected chi connectivity index (χ3v) is 4.09. The first kappa shape index (κ1) is 14.5. The van der Waals surface area contributed by atoms with Crippen LogP contribution in [-0.4, -0.2) is 34.0 Å². The van der Waals surface area contributed by atoms with E-state index in [2.05, 4.69) is 4.90 Å². The molecule has 0 amide bonds. The SMILES string of the molecule is CC1CN(C(C)c2ccc([N+](=O)[O-])cc2)CC1C(=O)O. The summed E-state index contributed by atoms with van der Waals surface area (Å²) < 4.78 is 0. The Hall–Kier alpha value is -1.95. The topological polar surface area (TPSA) is 83.7 Å². The van der Waals surface area contributed by atoms with E-state index in [1.165, 1.54) is 12.1 Å². The second-order valence-corrected chi connectivity index (χ2v) is 5.40. The van der Waals surface area contributed by atoms with E-state index in [1.54, 1.807) is 12.1 Å². The predicted octanol–water partition coefficient (Wildman–Crippen LogP) is 2.31. The highest BCUT2D eigenvalue weighted by Crippen LogP contribution is 2.31. The minimum atomic E-state index is -0.754. The summed E-state index contributed by atoms with van der Waals surface area (Å²) in [6, 6.07) is 6.51. The van der Waals surface area contributed by atoms with Crippen molar-refractivity contribution in [3.63, 3.8) is 0 Å². The van der Waals surface area contributed by atoms with Gasteiger partial charge in [0, 0.05) is 31.3 Å². The standard InChI is InChI=1S/C14H18N2O4/c1-9-7-15(8-13(9)14(17)18)10(2)11-3-5-12(6-4-11)16(19)20/h3-6,9-10,13H,7-8H2,1-2H3,(H,17,18). The molecule has 3 unspecified atom stereocenters. The van der Waals surface area contributed by atoms with Crippen molar-refractivity contribution in [2.75, 3.05) is 13.1 Å². The highest BCUT2D eigenvalue weighted by atomic mass is 16.6. The molecule has 0 saturated carbocycles. The fraction of sp³-hybridized carbons (Fsp3) is 0.500. The molecule has 6 nitrogen and oxygen atoms in total. The number of non-ortho nitro benzene ring substituents is 1. The zero-order valence-corrected chi connectivity index (χ0v) is 11.5. The van der Waals surface area contributed by atoms with Gasteiger partial charge in [0.05, 0.1) is 10.8 Å². The highest BCUT2D eigenvalue weighted by Gasteiger charge is 2.36. The van der Waals surface area contributed by atoms with Gasteiger partial charge in [-0.15, -0.1) is 0 Å². The van der Waals surface area contributed by atoms with Gasteiger partial charge >= 0.3 is 5.97 Å². The number of aliphatic carboxylic acids is 1. The number of hydrogen-bond donors (Lipinski definition) is 1. The van der Waals surface area contributed by atoms with Crippen molar-refractivity contribution in [2.45, 2.75) is 19.9 Å². The summed E-state index contributed by atoms with van der Waals surface area (Å²) in [5.41, 5.74) is 1.04. The minimum absolute atomic E-state index is 0.0580. The maximum atomic E-state index is 11.1. The molecule has 0 spiro atoms. The van der Waals surface area contributed by atoms with Crippen molar-refractivity contribution in [1.82, 2.24) is 4.90 Å². The number of nitro benzene ring substituents is 1. The molecule has 6 heteroatoms. The maximum absolute atomic E-state index is 11.1. The first-order chi connectivity index (χ1) is 9.40. The van der Waals surface area contributed by atoms with E-state index in [4.69, 9.17) is 5.11 Å². The van der Waals surface area contributed by atoms with Gasteiger partial charge in [0.2, 0.25) is 0 Å². The van der Waals surface area contributed by atoms with Crippen LogP contribution < -0.4 is 0 Å². The summed E-state index contributed by atoms with van der Waals surface area (Å²) in [5, 5.41) is 19.8. The number of likely N-dealkylation sites (tertiary alicyclic amines) is 1. The van der Waals surface area contributed by atoms with Crippen molar-refractivity contribution in [3.8, 4) is 0 Å². The minimum Gasteiger partial charge on any atom is -0.481 e. The van der Waals surface area contributed by atoms with Crippen LogP contribution in [0.3, 0.4) is 0 Å². The Morgan fingerprint density at radius 3 is 2.45 bits per heavy atom. The van der Waals surface area contributed by atoms with Crippen LogP contribution in [0.4, 0.5) is 5.69 Å². The van der Waals surface area contributed by atoms with Gasteiger partial charge in [-0.05, 0) is 18.4 Å². The van der Waals surface area contributed by atoms with Gasteiger partial charge in [0.1, 0.15) is 0 Å². The number of hydrogen-bond acceptors (Lipinski definition) is 4. The molecular weight excluding hydrogens is 260 g/mol. The zero-order chi connectivity index (χ0) is 14.9. The van der Waals surface area contributed by atoms with Crippen LogP contribution in [0.5, 0.6) is 0 Å². The van der Waals surface area contributed by atoms with Crippen LogP contribution in [0.15, 0.2) is 24.3 Å². The molecule has 1 aromatic carbocycles. The quantitative estimate of drug-likeness (QED) is 0.675. The normalized spacial score (nSPS) is 24.5. The lowest BCUT2D eigenvalue weighted by atomic mass is 9.99. The Bertz CT molecular complexity index is 514.